The number of hydrogen-bond acceptors (Lipinski definition) is 6. The number of amides is 1. The molecular weight excluding hydrogens is 325 g/mol. The van der Waals surface area contributed by atoms with Crippen molar-refractivity contribution in [2.45, 2.75) is 52.1 Å². The van der Waals surface area contributed by atoms with E-state index >= 15 is 0 Å². The van der Waals surface area contributed by atoms with Gasteiger partial charge >= 0.3 is 0 Å². The fourth-order valence-corrected chi connectivity index (χ4v) is 3.23. The first kappa shape index (κ1) is 17.3. The highest BCUT2D eigenvalue weighted by atomic mass is 19.1. The van der Waals surface area contributed by atoms with Gasteiger partial charge in [0.05, 0.1) is 11.4 Å². The molecule has 7 nitrogen and oxygen atoms in total. The molecule has 2 aromatic heterocycles. The molecular formula is C17H22FN5O2. The molecule has 3 rings (SSSR count). The lowest BCUT2D eigenvalue weighted by atomic mass is 9.96. The predicted octanol–water partition coefficient (Wildman–Crippen LogP) is 2.26. The van der Waals surface area contributed by atoms with Gasteiger partial charge in [0.2, 0.25) is 0 Å². The molecule has 3 heterocycles. The molecule has 2 atom stereocenters. The van der Waals surface area contributed by atoms with Crippen molar-refractivity contribution in [1.29, 1.82) is 0 Å². The Balaban J connectivity index is 1.78. The molecule has 1 amide bonds. The van der Waals surface area contributed by atoms with Crippen LogP contribution in [0.3, 0.4) is 0 Å². The molecule has 8 heteroatoms. The van der Waals surface area contributed by atoms with Crippen LogP contribution in [0.25, 0.3) is 0 Å². The van der Waals surface area contributed by atoms with Gasteiger partial charge in [0.15, 0.2) is 11.6 Å². The standard InChI is InChI=1S/C17H22FN5O2/c1-4-13-15(18)16(20-9-19-13)23-7-5-6-14(11(23)3)21-17(24)12-8-25-22-10(12)2/h8-9,11,14H,4-7H2,1-3H3,(H,21,24). The summed E-state index contributed by atoms with van der Waals surface area (Å²) in [5.74, 6) is -0.298. The fraction of sp³-hybridized carbons (Fsp3) is 0.529. The summed E-state index contributed by atoms with van der Waals surface area (Å²) < 4.78 is 19.4. The summed E-state index contributed by atoms with van der Waals surface area (Å²) in [6.45, 7) is 6.24. The minimum Gasteiger partial charge on any atom is -0.364 e. The first-order valence-electron chi connectivity index (χ1n) is 8.50. The minimum absolute atomic E-state index is 0.0908. The van der Waals surface area contributed by atoms with Crippen molar-refractivity contribution in [3.8, 4) is 0 Å². The lowest BCUT2D eigenvalue weighted by molar-refractivity contribution is 0.0923. The normalized spacial score (nSPS) is 20.6. The molecule has 1 saturated heterocycles. The summed E-state index contributed by atoms with van der Waals surface area (Å²) in [5, 5.41) is 6.74. The number of nitrogens with one attached hydrogen (secondary N) is 1. The Labute approximate surface area is 145 Å². The van der Waals surface area contributed by atoms with Crippen LogP contribution in [-0.2, 0) is 6.42 Å². The molecule has 0 bridgehead atoms. The molecule has 134 valence electrons. The number of carbonyl (C=O) groups excluding carboxylic acids is 1. The van der Waals surface area contributed by atoms with Crippen LogP contribution >= 0.6 is 0 Å². The SMILES string of the molecule is CCc1ncnc(N2CCCC(NC(=O)c3conc3C)C2C)c1F. The molecule has 0 saturated carbocycles. The summed E-state index contributed by atoms with van der Waals surface area (Å²) in [6.07, 6.45) is 4.90. The number of aryl methyl sites for hydroxylation is 2. The van der Waals surface area contributed by atoms with Crippen LogP contribution in [0.2, 0.25) is 0 Å². The predicted molar refractivity (Wildman–Crippen MR) is 89.9 cm³/mol. The minimum atomic E-state index is -0.376. The fourth-order valence-electron chi connectivity index (χ4n) is 3.23. The Morgan fingerprint density at radius 2 is 2.28 bits per heavy atom. The molecule has 0 aromatic carbocycles. The van der Waals surface area contributed by atoms with E-state index in [0.29, 0.717) is 35.7 Å². The highest BCUT2D eigenvalue weighted by Gasteiger charge is 2.32. The van der Waals surface area contributed by atoms with Crippen molar-refractivity contribution >= 4 is 11.7 Å². The van der Waals surface area contributed by atoms with Crippen LogP contribution in [0, 0.1) is 12.7 Å². The van der Waals surface area contributed by atoms with Gasteiger partial charge < -0.3 is 14.7 Å². The summed E-state index contributed by atoms with van der Waals surface area (Å²) in [5.41, 5.74) is 1.38. The molecule has 25 heavy (non-hydrogen) atoms. The van der Waals surface area contributed by atoms with Crippen LogP contribution < -0.4 is 10.2 Å². The Morgan fingerprint density at radius 3 is 2.96 bits per heavy atom. The number of aromatic nitrogens is 3. The largest absolute Gasteiger partial charge is 0.364 e. The summed E-state index contributed by atoms with van der Waals surface area (Å²) in [6, 6.07) is -0.207. The Kier molecular flexibility index (Phi) is 4.96. The maximum absolute atomic E-state index is 14.6. The van der Waals surface area contributed by atoms with Crippen molar-refractivity contribution in [3.05, 3.63) is 35.4 Å². The van der Waals surface area contributed by atoms with E-state index in [-0.39, 0.29) is 23.8 Å². The van der Waals surface area contributed by atoms with E-state index in [9.17, 15) is 9.18 Å². The maximum atomic E-state index is 14.6. The van der Waals surface area contributed by atoms with Gasteiger partial charge in [-0.2, -0.15) is 0 Å². The zero-order chi connectivity index (χ0) is 18.0. The van der Waals surface area contributed by atoms with Crippen LogP contribution in [0.15, 0.2) is 17.1 Å². The Morgan fingerprint density at radius 1 is 1.48 bits per heavy atom. The lowest BCUT2D eigenvalue weighted by Crippen LogP contribution is -2.54. The van der Waals surface area contributed by atoms with Gasteiger partial charge in [-0.1, -0.05) is 12.1 Å². The number of carbonyl (C=O) groups is 1. The zero-order valence-corrected chi connectivity index (χ0v) is 14.6. The monoisotopic (exact) mass is 347 g/mol. The average molecular weight is 347 g/mol. The second-order valence-corrected chi connectivity index (χ2v) is 6.28. The number of piperidine rings is 1. The van der Waals surface area contributed by atoms with E-state index < -0.39 is 0 Å². The number of nitrogens with zero attached hydrogens (tertiary/aromatic N) is 4. The van der Waals surface area contributed by atoms with Crippen molar-refractivity contribution < 1.29 is 13.7 Å². The number of rotatable bonds is 4. The molecule has 2 aromatic rings. The van der Waals surface area contributed by atoms with Gasteiger partial charge in [0.1, 0.15) is 18.2 Å². The van der Waals surface area contributed by atoms with E-state index in [1.54, 1.807) is 6.92 Å². The van der Waals surface area contributed by atoms with Crippen LogP contribution in [0.4, 0.5) is 10.2 Å². The Hall–Kier alpha value is -2.51. The first-order chi connectivity index (χ1) is 12.0. The molecule has 0 spiro atoms. The molecule has 1 aliphatic heterocycles. The zero-order valence-electron chi connectivity index (χ0n) is 14.6. The van der Waals surface area contributed by atoms with Crippen LogP contribution in [-0.4, -0.2) is 39.7 Å². The molecule has 2 unspecified atom stereocenters. The van der Waals surface area contributed by atoms with Crippen molar-refractivity contribution in [2.24, 2.45) is 0 Å². The van der Waals surface area contributed by atoms with Crippen LogP contribution in [0.1, 0.15) is 48.4 Å². The molecule has 1 N–H and O–H groups in total. The van der Waals surface area contributed by atoms with E-state index in [4.69, 9.17) is 4.52 Å². The van der Waals surface area contributed by atoms with Gasteiger partial charge in [-0.05, 0) is 33.1 Å². The molecule has 1 aliphatic rings. The molecule has 1 fully saturated rings. The Bertz CT molecular complexity index is 763. The van der Waals surface area contributed by atoms with Crippen molar-refractivity contribution in [1.82, 2.24) is 20.4 Å². The highest BCUT2D eigenvalue weighted by Crippen LogP contribution is 2.26. The van der Waals surface area contributed by atoms with Crippen molar-refractivity contribution in [2.75, 3.05) is 11.4 Å². The highest BCUT2D eigenvalue weighted by molar-refractivity contribution is 5.95. The van der Waals surface area contributed by atoms with E-state index in [0.717, 1.165) is 12.8 Å². The van der Waals surface area contributed by atoms with E-state index in [1.165, 1.54) is 12.6 Å². The third-order valence-electron chi connectivity index (χ3n) is 4.75. The van der Waals surface area contributed by atoms with Gasteiger partial charge in [-0.15, -0.1) is 0 Å². The first-order valence-corrected chi connectivity index (χ1v) is 8.50. The summed E-state index contributed by atoms with van der Waals surface area (Å²) in [7, 11) is 0. The number of anilines is 1. The third kappa shape index (κ3) is 3.33. The van der Waals surface area contributed by atoms with Gasteiger partial charge in [-0.3, -0.25) is 4.79 Å². The third-order valence-corrected chi connectivity index (χ3v) is 4.75. The summed E-state index contributed by atoms with van der Waals surface area (Å²) >= 11 is 0. The van der Waals surface area contributed by atoms with Gasteiger partial charge in [-0.25, -0.2) is 14.4 Å². The molecule has 0 aliphatic carbocycles. The van der Waals surface area contributed by atoms with Gasteiger partial charge in [0, 0.05) is 18.6 Å². The second kappa shape index (κ2) is 7.16. The average Bonchev–Trinajstić information content (AvgIpc) is 3.03. The summed E-state index contributed by atoms with van der Waals surface area (Å²) in [4.78, 5) is 22.5. The lowest BCUT2D eigenvalue weighted by Gasteiger charge is -2.40. The van der Waals surface area contributed by atoms with E-state index in [2.05, 4.69) is 20.4 Å². The maximum Gasteiger partial charge on any atom is 0.256 e. The second-order valence-electron chi connectivity index (χ2n) is 6.28. The number of hydrogen-bond donors (Lipinski definition) is 1. The molecule has 0 radical (unpaired) electrons. The quantitative estimate of drug-likeness (QED) is 0.913. The van der Waals surface area contributed by atoms with Gasteiger partial charge in [0.25, 0.3) is 5.91 Å². The van der Waals surface area contributed by atoms with Crippen molar-refractivity contribution in [3.63, 3.8) is 0 Å². The number of halogens is 1. The van der Waals surface area contributed by atoms with E-state index in [1.807, 2.05) is 18.7 Å². The smallest absolute Gasteiger partial charge is 0.256 e. The van der Waals surface area contributed by atoms with Crippen LogP contribution in [0.5, 0.6) is 0 Å². The topological polar surface area (TPSA) is 84.2 Å².